The van der Waals surface area contributed by atoms with Crippen LogP contribution >= 0.6 is 0 Å². The Hall–Kier alpha value is -2.38. The lowest BCUT2D eigenvalue weighted by Crippen LogP contribution is -1.99. The lowest BCUT2D eigenvalue weighted by Gasteiger charge is -1.98. The van der Waals surface area contributed by atoms with E-state index in [9.17, 15) is 22.4 Å². The monoisotopic (exact) mass is 275 g/mol. The number of hydrogen-bond acceptors (Lipinski definition) is 3. The highest BCUT2D eigenvalue weighted by Crippen LogP contribution is 2.30. The van der Waals surface area contributed by atoms with E-state index < -0.39 is 46.9 Å². The normalized spacial score (nSPS) is 11.0. The van der Waals surface area contributed by atoms with E-state index in [1.165, 1.54) is 0 Å². The third kappa shape index (κ3) is 2.28. The lowest BCUT2D eigenvalue weighted by molar-refractivity contribution is 0.0646. The van der Waals surface area contributed by atoms with Gasteiger partial charge in [-0.25, -0.2) is 27.3 Å². The maximum absolute atomic E-state index is 13.4. The van der Waals surface area contributed by atoms with Gasteiger partial charge in [0, 0.05) is 0 Å². The summed E-state index contributed by atoms with van der Waals surface area (Å²) in [7, 11) is 0. The topological polar surface area (TPSA) is 63.3 Å². The van der Waals surface area contributed by atoms with Crippen molar-refractivity contribution in [3.8, 4) is 11.5 Å². The van der Waals surface area contributed by atoms with Crippen LogP contribution in [0.4, 0.5) is 17.6 Å². The maximum atomic E-state index is 13.4. The van der Waals surface area contributed by atoms with Crippen LogP contribution in [0.25, 0.3) is 11.5 Å². The zero-order valence-electron chi connectivity index (χ0n) is 9.03. The van der Waals surface area contributed by atoms with E-state index >= 15 is 0 Å². The number of nitrogens with zero attached hydrogens (tertiary/aromatic N) is 1. The molecule has 1 aromatic carbocycles. The van der Waals surface area contributed by atoms with Gasteiger partial charge in [-0.2, -0.15) is 0 Å². The van der Waals surface area contributed by atoms with E-state index in [-0.39, 0.29) is 0 Å². The number of alkyl halides is 2. The van der Waals surface area contributed by atoms with Crippen LogP contribution in [0.3, 0.4) is 0 Å². The van der Waals surface area contributed by atoms with Crippen molar-refractivity contribution >= 4 is 5.97 Å². The van der Waals surface area contributed by atoms with Crippen molar-refractivity contribution in [3.05, 3.63) is 41.3 Å². The van der Waals surface area contributed by atoms with Crippen LogP contribution < -0.4 is 0 Å². The van der Waals surface area contributed by atoms with Gasteiger partial charge in [-0.1, -0.05) is 6.07 Å². The Morgan fingerprint density at radius 1 is 1.32 bits per heavy atom. The zero-order chi connectivity index (χ0) is 14.2. The minimum absolute atomic E-state index is 0.533. The Morgan fingerprint density at radius 3 is 2.53 bits per heavy atom. The van der Waals surface area contributed by atoms with Crippen LogP contribution in [0.5, 0.6) is 0 Å². The molecule has 1 heterocycles. The Kier molecular flexibility index (Phi) is 3.24. The minimum Gasteiger partial charge on any atom is -0.475 e. The van der Waals surface area contributed by atoms with Crippen LogP contribution in [-0.4, -0.2) is 16.1 Å². The van der Waals surface area contributed by atoms with Crippen molar-refractivity contribution in [1.29, 1.82) is 0 Å². The quantitative estimate of drug-likeness (QED) is 0.873. The maximum Gasteiger partial charge on any atom is 0.374 e. The van der Waals surface area contributed by atoms with E-state index in [0.717, 1.165) is 18.2 Å². The second kappa shape index (κ2) is 4.71. The Balaban J connectivity index is 2.61. The first-order valence-corrected chi connectivity index (χ1v) is 4.88. The van der Waals surface area contributed by atoms with Crippen molar-refractivity contribution in [3.63, 3.8) is 0 Å². The molecule has 0 unspecified atom stereocenters. The largest absolute Gasteiger partial charge is 0.475 e. The second-order valence-electron chi connectivity index (χ2n) is 3.44. The van der Waals surface area contributed by atoms with Gasteiger partial charge in [0.2, 0.25) is 11.7 Å². The van der Waals surface area contributed by atoms with Crippen LogP contribution in [0.15, 0.2) is 22.6 Å². The number of benzene rings is 1. The summed E-state index contributed by atoms with van der Waals surface area (Å²) in [5.74, 6) is -6.18. The van der Waals surface area contributed by atoms with Crippen molar-refractivity contribution in [2.24, 2.45) is 0 Å². The first-order chi connectivity index (χ1) is 8.91. The summed E-state index contributed by atoms with van der Waals surface area (Å²) < 4.78 is 56.0. The Morgan fingerprint density at radius 2 is 2.00 bits per heavy atom. The molecule has 0 saturated heterocycles. The molecule has 100 valence electrons. The molecule has 0 atom stereocenters. The molecule has 2 aromatic rings. The average molecular weight is 275 g/mol. The predicted octanol–water partition coefficient (Wildman–Crippen LogP) is 3.26. The number of aromatic carboxylic acids is 1. The molecule has 4 nitrogen and oxygen atoms in total. The molecule has 0 aliphatic carbocycles. The fourth-order valence-corrected chi connectivity index (χ4v) is 1.42. The van der Waals surface area contributed by atoms with Crippen LogP contribution in [-0.2, 0) is 0 Å². The highest BCUT2D eigenvalue weighted by atomic mass is 19.3. The number of carboxylic acids is 1. The number of oxazole rings is 1. The third-order valence-electron chi connectivity index (χ3n) is 2.24. The van der Waals surface area contributed by atoms with Gasteiger partial charge in [-0.05, 0) is 12.1 Å². The SMILES string of the molecule is O=C(O)c1oc(-c2cccc(F)c2F)nc1C(F)F. The molecule has 0 amide bonds. The van der Waals surface area contributed by atoms with Gasteiger partial charge < -0.3 is 9.52 Å². The van der Waals surface area contributed by atoms with E-state index in [4.69, 9.17) is 5.11 Å². The number of rotatable bonds is 3. The molecule has 0 aliphatic heterocycles. The molecule has 0 bridgehead atoms. The number of carboxylic acid groups (broad SMARTS) is 1. The summed E-state index contributed by atoms with van der Waals surface area (Å²) in [5.41, 5.74) is -1.67. The summed E-state index contributed by atoms with van der Waals surface area (Å²) in [6.07, 6.45) is -3.21. The molecule has 1 aromatic heterocycles. The summed E-state index contributed by atoms with van der Waals surface area (Å²) in [5, 5.41) is 8.66. The van der Waals surface area contributed by atoms with Gasteiger partial charge in [0.15, 0.2) is 17.3 Å². The average Bonchev–Trinajstić information content (AvgIpc) is 2.77. The van der Waals surface area contributed by atoms with E-state index in [2.05, 4.69) is 9.40 Å². The van der Waals surface area contributed by atoms with E-state index in [1.807, 2.05) is 0 Å². The molecule has 19 heavy (non-hydrogen) atoms. The molecule has 0 fully saturated rings. The Labute approximate surface area is 103 Å². The first kappa shape index (κ1) is 13.1. The molecule has 1 N–H and O–H groups in total. The molecule has 0 radical (unpaired) electrons. The predicted molar refractivity (Wildman–Crippen MR) is 53.8 cm³/mol. The highest BCUT2D eigenvalue weighted by Gasteiger charge is 2.28. The van der Waals surface area contributed by atoms with Gasteiger partial charge in [0.25, 0.3) is 6.43 Å². The number of hydrogen-bond donors (Lipinski definition) is 1. The molecule has 0 spiro atoms. The summed E-state index contributed by atoms with van der Waals surface area (Å²) in [6, 6.07) is 2.96. The molecule has 0 aliphatic rings. The first-order valence-electron chi connectivity index (χ1n) is 4.88. The van der Waals surface area contributed by atoms with Gasteiger partial charge in [-0.3, -0.25) is 0 Å². The van der Waals surface area contributed by atoms with E-state index in [0.29, 0.717) is 0 Å². The van der Waals surface area contributed by atoms with Gasteiger partial charge >= 0.3 is 5.97 Å². The number of halogens is 4. The van der Waals surface area contributed by atoms with Crippen molar-refractivity contribution in [2.45, 2.75) is 6.43 Å². The summed E-state index contributed by atoms with van der Waals surface area (Å²) in [6.45, 7) is 0. The molecular weight excluding hydrogens is 270 g/mol. The smallest absolute Gasteiger partial charge is 0.374 e. The molecule has 2 rings (SSSR count). The highest BCUT2D eigenvalue weighted by molar-refractivity contribution is 5.86. The summed E-state index contributed by atoms with van der Waals surface area (Å²) >= 11 is 0. The van der Waals surface area contributed by atoms with Crippen molar-refractivity contribution < 1.29 is 31.9 Å². The van der Waals surface area contributed by atoms with E-state index in [1.54, 1.807) is 0 Å². The Bertz CT molecular complexity index is 639. The standard InChI is InChI=1S/C11H5F4NO3/c12-5-3-1-2-4(6(5)13)10-16-7(9(14)15)8(19-10)11(17)18/h1-3,9H,(H,17,18). The van der Waals surface area contributed by atoms with Crippen molar-refractivity contribution in [2.75, 3.05) is 0 Å². The van der Waals surface area contributed by atoms with Crippen LogP contribution in [0, 0.1) is 11.6 Å². The van der Waals surface area contributed by atoms with Gasteiger partial charge in [0.1, 0.15) is 0 Å². The summed E-state index contributed by atoms with van der Waals surface area (Å²) in [4.78, 5) is 13.9. The fourth-order valence-electron chi connectivity index (χ4n) is 1.42. The number of carbonyl (C=O) groups is 1. The zero-order valence-corrected chi connectivity index (χ0v) is 9.03. The number of aromatic nitrogens is 1. The minimum atomic E-state index is -3.21. The van der Waals surface area contributed by atoms with Crippen LogP contribution in [0.2, 0.25) is 0 Å². The van der Waals surface area contributed by atoms with Crippen LogP contribution in [0.1, 0.15) is 22.7 Å². The molecular formula is C11H5F4NO3. The van der Waals surface area contributed by atoms with Crippen molar-refractivity contribution in [1.82, 2.24) is 4.98 Å². The fraction of sp³-hybridized carbons (Fsp3) is 0.0909. The lowest BCUT2D eigenvalue weighted by atomic mass is 10.2. The molecule has 8 heteroatoms. The second-order valence-corrected chi connectivity index (χ2v) is 3.44. The van der Waals surface area contributed by atoms with Gasteiger partial charge in [0.05, 0.1) is 5.56 Å². The van der Waals surface area contributed by atoms with Gasteiger partial charge in [-0.15, -0.1) is 0 Å². The molecule has 0 saturated carbocycles. The third-order valence-corrected chi connectivity index (χ3v) is 2.24.